The van der Waals surface area contributed by atoms with E-state index < -0.39 is 0 Å². The molecule has 0 amide bonds. The number of carbonyl (C=O) groups excluding carboxylic acids is 1. The summed E-state index contributed by atoms with van der Waals surface area (Å²) in [6.45, 7) is 2.04. The first-order valence-corrected chi connectivity index (χ1v) is 7.86. The first-order valence-electron chi connectivity index (χ1n) is 7.86. The van der Waals surface area contributed by atoms with E-state index in [0.29, 0.717) is 35.9 Å². The molecular weight excluding hydrogens is 304 g/mol. The van der Waals surface area contributed by atoms with Crippen LogP contribution in [0.1, 0.15) is 41.0 Å². The summed E-state index contributed by atoms with van der Waals surface area (Å²) in [6.07, 6.45) is 1.12. The van der Waals surface area contributed by atoms with Gasteiger partial charge in [0.2, 0.25) is 0 Å². The molecule has 0 aliphatic heterocycles. The van der Waals surface area contributed by atoms with E-state index >= 15 is 0 Å². The highest BCUT2D eigenvalue weighted by molar-refractivity contribution is 5.95. The summed E-state index contributed by atoms with van der Waals surface area (Å²) in [4.78, 5) is 15.9. The highest BCUT2D eigenvalue weighted by Gasteiger charge is 2.08. The predicted octanol–water partition coefficient (Wildman–Crippen LogP) is 3.83. The SMILES string of the molecule is CCC(=O)c1ccc(OCc2nc(Cc3ccccc3)no2)cc1. The van der Waals surface area contributed by atoms with Crippen LogP contribution in [-0.2, 0) is 13.0 Å². The Morgan fingerprint density at radius 1 is 1.08 bits per heavy atom. The lowest BCUT2D eigenvalue weighted by atomic mass is 10.1. The molecule has 24 heavy (non-hydrogen) atoms. The van der Waals surface area contributed by atoms with Gasteiger partial charge in [0.1, 0.15) is 5.75 Å². The van der Waals surface area contributed by atoms with E-state index in [1.807, 2.05) is 37.3 Å². The van der Waals surface area contributed by atoms with Crippen LogP contribution in [0.2, 0.25) is 0 Å². The largest absolute Gasteiger partial charge is 0.484 e. The zero-order valence-electron chi connectivity index (χ0n) is 13.4. The molecule has 0 aliphatic rings. The van der Waals surface area contributed by atoms with E-state index in [1.165, 1.54) is 0 Å². The summed E-state index contributed by atoms with van der Waals surface area (Å²) in [7, 11) is 0. The molecule has 0 aliphatic carbocycles. The van der Waals surface area contributed by atoms with Crippen LogP contribution in [-0.4, -0.2) is 15.9 Å². The standard InChI is InChI=1S/C19H18N2O3/c1-2-17(22)15-8-10-16(11-9-15)23-13-19-20-18(21-24-19)12-14-6-4-3-5-7-14/h3-11H,2,12-13H2,1H3. The maximum absolute atomic E-state index is 11.6. The molecule has 2 aromatic carbocycles. The first kappa shape index (κ1) is 15.9. The Hall–Kier alpha value is -2.95. The Bertz CT molecular complexity index is 795. The minimum atomic E-state index is 0.115. The summed E-state index contributed by atoms with van der Waals surface area (Å²) in [5.74, 6) is 1.83. The molecule has 0 N–H and O–H groups in total. The van der Waals surface area contributed by atoms with Crippen LogP contribution in [0, 0.1) is 0 Å². The van der Waals surface area contributed by atoms with Gasteiger partial charge in [-0.15, -0.1) is 0 Å². The van der Waals surface area contributed by atoms with E-state index in [-0.39, 0.29) is 12.4 Å². The van der Waals surface area contributed by atoms with Gasteiger partial charge in [-0.3, -0.25) is 4.79 Å². The van der Waals surface area contributed by atoms with Crippen molar-refractivity contribution in [2.75, 3.05) is 0 Å². The molecule has 0 unspecified atom stereocenters. The molecule has 3 rings (SSSR count). The van der Waals surface area contributed by atoms with Gasteiger partial charge in [0.05, 0.1) is 0 Å². The number of carbonyl (C=O) groups is 1. The van der Waals surface area contributed by atoms with Crippen molar-refractivity contribution < 1.29 is 14.1 Å². The second-order valence-electron chi connectivity index (χ2n) is 5.36. The number of Topliss-reactive ketones (excluding diaryl/α,β-unsaturated/α-hetero) is 1. The average Bonchev–Trinajstić information content (AvgIpc) is 3.08. The van der Waals surface area contributed by atoms with Crippen LogP contribution in [0.3, 0.4) is 0 Å². The van der Waals surface area contributed by atoms with Gasteiger partial charge in [-0.25, -0.2) is 0 Å². The van der Waals surface area contributed by atoms with E-state index in [2.05, 4.69) is 10.1 Å². The van der Waals surface area contributed by atoms with E-state index in [9.17, 15) is 4.79 Å². The molecule has 0 fully saturated rings. The van der Waals surface area contributed by atoms with Crippen molar-refractivity contribution in [2.45, 2.75) is 26.4 Å². The number of hydrogen-bond donors (Lipinski definition) is 0. The Morgan fingerprint density at radius 2 is 1.83 bits per heavy atom. The summed E-state index contributed by atoms with van der Waals surface area (Å²) in [5, 5.41) is 3.96. The fraction of sp³-hybridized carbons (Fsp3) is 0.211. The number of ketones is 1. The minimum Gasteiger partial charge on any atom is -0.484 e. The minimum absolute atomic E-state index is 0.115. The van der Waals surface area contributed by atoms with Crippen LogP contribution < -0.4 is 4.74 Å². The van der Waals surface area contributed by atoms with Crippen LogP contribution in [0.25, 0.3) is 0 Å². The summed E-state index contributed by atoms with van der Waals surface area (Å²) >= 11 is 0. The third-order valence-corrected chi connectivity index (χ3v) is 3.57. The van der Waals surface area contributed by atoms with Crippen molar-refractivity contribution in [3.05, 3.63) is 77.4 Å². The Morgan fingerprint density at radius 3 is 2.54 bits per heavy atom. The van der Waals surface area contributed by atoms with Gasteiger partial charge in [-0.2, -0.15) is 4.98 Å². The molecule has 1 aromatic heterocycles. The average molecular weight is 322 g/mol. The van der Waals surface area contributed by atoms with Crippen molar-refractivity contribution in [2.24, 2.45) is 0 Å². The smallest absolute Gasteiger partial charge is 0.264 e. The lowest BCUT2D eigenvalue weighted by Gasteiger charge is -2.04. The van der Waals surface area contributed by atoms with Crippen LogP contribution >= 0.6 is 0 Å². The third-order valence-electron chi connectivity index (χ3n) is 3.57. The lowest BCUT2D eigenvalue weighted by molar-refractivity contribution is 0.0988. The fourth-order valence-corrected chi connectivity index (χ4v) is 2.29. The maximum Gasteiger partial charge on any atom is 0.264 e. The predicted molar refractivity (Wildman–Crippen MR) is 88.9 cm³/mol. The van der Waals surface area contributed by atoms with E-state index in [4.69, 9.17) is 9.26 Å². The molecule has 0 bridgehead atoms. The Balaban J connectivity index is 1.56. The van der Waals surface area contributed by atoms with Crippen molar-refractivity contribution in [1.29, 1.82) is 0 Å². The van der Waals surface area contributed by atoms with Crippen molar-refractivity contribution >= 4 is 5.78 Å². The summed E-state index contributed by atoms with van der Waals surface area (Å²) in [6, 6.07) is 17.0. The number of hydrogen-bond acceptors (Lipinski definition) is 5. The van der Waals surface area contributed by atoms with Crippen molar-refractivity contribution in [3.8, 4) is 5.75 Å². The monoisotopic (exact) mass is 322 g/mol. The number of ether oxygens (including phenoxy) is 1. The molecule has 5 heteroatoms. The van der Waals surface area contributed by atoms with Crippen LogP contribution in [0.15, 0.2) is 59.1 Å². The van der Waals surface area contributed by atoms with Gasteiger partial charge in [0, 0.05) is 18.4 Å². The third kappa shape index (κ3) is 4.07. The van der Waals surface area contributed by atoms with Crippen molar-refractivity contribution in [1.82, 2.24) is 10.1 Å². The number of benzene rings is 2. The zero-order chi connectivity index (χ0) is 16.8. The Labute approximate surface area is 140 Å². The second-order valence-corrected chi connectivity index (χ2v) is 5.36. The molecule has 0 saturated carbocycles. The van der Waals surface area contributed by atoms with Gasteiger partial charge < -0.3 is 9.26 Å². The van der Waals surface area contributed by atoms with Gasteiger partial charge in [-0.05, 0) is 29.8 Å². The molecule has 0 saturated heterocycles. The molecule has 5 nitrogen and oxygen atoms in total. The first-order chi connectivity index (χ1) is 11.7. The van der Waals surface area contributed by atoms with Gasteiger partial charge in [0.25, 0.3) is 5.89 Å². The molecule has 3 aromatic rings. The molecule has 0 atom stereocenters. The van der Waals surface area contributed by atoms with Crippen molar-refractivity contribution in [3.63, 3.8) is 0 Å². The van der Waals surface area contributed by atoms with Crippen LogP contribution in [0.4, 0.5) is 0 Å². The molecule has 122 valence electrons. The quantitative estimate of drug-likeness (QED) is 0.618. The topological polar surface area (TPSA) is 65.2 Å². The molecule has 1 heterocycles. The molecule has 0 spiro atoms. The normalized spacial score (nSPS) is 10.5. The maximum atomic E-state index is 11.6. The van der Waals surface area contributed by atoms with Gasteiger partial charge in [0.15, 0.2) is 18.2 Å². The van der Waals surface area contributed by atoms with Crippen LogP contribution in [0.5, 0.6) is 5.75 Å². The van der Waals surface area contributed by atoms with E-state index in [0.717, 1.165) is 5.56 Å². The highest BCUT2D eigenvalue weighted by atomic mass is 16.5. The number of rotatable bonds is 7. The summed E-state index contributed by atoms with van der Waals surface area (Å²) < 4.78 is 10.8. The summed E-state index contributed by atoms with van der Waals surface area (Å²) in [5.41, 5.74) is 1.81. The number of aromatic nitrogens is 2. The lowest BCUT2D eigenvalue weighted by Crippen LogP contribution is -1.99. The highest BCUT2D eigenvalue weighted by Crippen LogP contribution is 2.15. The van der Waals surface area contributed by atoms with Gasteiger partial charge in [-0.1, -0.05) is 42.4 Å². The van der Waals surface area contributed by atoms with E-state index in [1.54, 1.807) is 24.3 Å². The Kier molecular flexibility index (Phi) is 5.01. The fourth-order valence-electron chi connectivity index (χ4n) is 2.29. The van der Waals surface area contributed by atoms with Gasteiger partial charge >= 0.3 is 0 Å². The molecular formula is C19H18N2O3. The zero-order valence-corrected chi connectivity index (χ0v) is 13.4. The second kappa shape index (κ2) is 7.55. The molecule has 0 radical (unpaired) electrons. The number of nitrogens with zero attached hydrogens (tertiary/aromatic N) is 2.